The predicted molar refractivity (Wildman–Crippen MR) is 83.3 cm³/mol. The predicted octanol–water partition coefficient (Wildman–Crippen LogP) is 4.11. The minimum Gasteiger partial charge on any atom is -0.384 e. The molecule has 0 amide bonds. The van der Waals surface area contributed by atoms with Crippen LogP contribution in [0.4, 0.5) is 0 Å². The average Bonchev–Trinajstić information content (AvgIpc) is 2.46. The largest absolute Gasteiger partial charge is 0.384 e. The lowest BCUT2D eigenvalue weighted by atomic mass is 9.85. The highest BCUT2D eigenvalue weighted by Gasteiger charge is 2.24. The molecule has 2 rings (SSSR count). The van der Waals surface area contributed by atoms with Gasteiger partial charge in [0, 0.05) is 10.6 Å². The molecule has 1 aromatic rings. The Morgan fingerprint density at radius 1 is 1.40 bits per heavy atom. The van der Waals surface area contributed by atoms with Crippen LogP contribution in [0, 0.1) is 11.3 Å². The third-order valence-electron chi connectivity index (χ3n) is 4.18. The second-order valence-corrected chi connectivity index (χ2v) is 5.93. The molecule has 0 radical (unpaired) electrons. The van der Waals surface area contributed by atoms with Gasteiger partial charge in [-0.15, -0.1) is 0 Å². The fraction of sp³-hybridized carbons (Fsp3) is 0.562. The van der Waals surface area contributed by atoms with E-state index >= 15 is 0 Å². The van der Waals surface area contributed by atoms with Crippen molar-refractivity contribution in [2.45, 2.75) is 51.7 Å². The first-order valence-corrected chi connectivity index (χ1v) is 7.74. The molecule has 0 saturated heterocycles. The molecule has 2 unspecified atom stereocenters. The Morgan fingerprint density at radius 3 is 2.80 bits per heavy atom. The molecule has 20 heavy (non-hydrogen) atoms. The van der Waals surface area contributed by atoms with E-state index in [0.29, 0.717) is 29.2 Å². The molecular weight excluding hydrogens is 272 g/mol. The van der Waals surface area contributed by atoms with Crippen molar-refractivity contribution in [3.8, 4) is 0 Å². The van der Waals surface area contributed by atoms with Crippen molar-refractivity contribution in [2.75, 3.05) is 0 Å². The van der Waals surface area contributed by atoms with Gasteiger partial charge in [0.2, 0.25) is 0 Å². The van der Waals surface area contributed by atoms with Crippen molar-refractivity contribution in [3.05, 3.63) is 34.3 Å². The van der Waals surface area contributed by atoms with E-state index in [1.54, 1.807) is 6.07 Å². The summed E-state index contributed by atoms with van der Waals surface area (Å²) in [5.74, 6) is 0.719. The van der Waals surface area contributed by atoms with E-state index in [-0.39, 0.29) is 5.84 Å². The summed E-state index contributed by atoms with van der Waals surface area (Å²) in [6.45, 7) is 2.78. The molecule has 0 spiro atoms. The van der Waals surface area contributed by atoms with E-state index < -0.39 is 0 Å². The Balaban J connectivity index is 1.98. The Bertz CT molecular complexity index is 476. The number of benzene rings is 1. The summed E-state index contributed by atoms with van der Waals surface area (Å²) in [4.78, 5) is 0. The van der Waals surface area contributed by atoms with Crippen LogP contribution in [-0.4, -0.2) is 11.9 Å². The molecule has 0 aromatic heterocycles. The number of nitrogens with one attached hydrogen (secondary N) is 1. The highest BCUT2D eigenvalue weighted by atomic mass is 35.5. The monoisotopic (exact) mass is 294 g/mol. The second kappa shape index (κ2) is 7.09. The van der Waals surface area contributed by atoms with Gasteiger partial charge >= 0.3 is 0 Å². The lowest BCUT2D eigenvalue weighted by Crippen LogP contribution is -2.27. The maximum atomic E-state index is 7.40. The Kier molecular flexibility index (Phi) is 5.44. The summed E-state index contributed by atoms with van der Waals surface area (Å²) in [5, 5.41) is 8.03. The van der Waals surface area contributed by atoms with E-state index in [4.69, 9.17) is 27.5 Å². The number of ether oxygens (including phenoxy) is 1. The van der Waals surface area contributed by atoms with Gasteiger partial charge in [-0.1, -0.05) is 49.9 Å². The SMILES string of the molecule is CCC1CCCCC1OCc1ccc(C(=N)N)cc1Cl. The molecule has 1 aromatic carbocycles. The van der Waals surface area contributed by atoms with E-state index in [0.717, 1.165) is 12.0 Å². The molecule has 1 fully saturated rings. The third-order valence-corrected chi connectivity index (χ3v) is 4.53. The molecule has 0 aliphatic heterocycles. The van der Waals surface area contributed by atoms with Crippen LogP contribution in [-0.2, 0) is 11.3 Å². The van der Waals surface area contributed by atoms with Gasteiger partial charge < -0.3 is 10.5 Å². The van der Waals surface area contributed by atoms with Crippen LogP contribution in [0.15, 0.2) is 18.2 Å². The molecule has 110 valence electrons. The van der Waals surface area contributed by atoms with Crippen LogP contribution in [0.2, 0.25) is 5.02 Å². The molecule has 0 heterocycles. The second-order valence-electron chi connectivity index (χ2n) is 5.52. The van der Waals surface area contributed by atoms with E-state index in [1.807, 2.05) is 12.1 Å². The number of nitrogen functional groups attached to an aromatic ring is 1. The van der Waals surface area contributed by atoms with Crippen LogP contribution >= 0.6 is 11.6 Å². The van der Waals surface area contributed by atoms with Gasteiger partial charge in [-0.3, -0.25) is 5.41 Å². The van der Waals surface area contributed by atoms with E-state index in [2.05, 4.69) is 6.92 Å². The summed E-state index contributed by atoms with van der Waals surface area (Å²) in [6.07, 6.45) is 6.56. The number of rotatable bonds is 5. The number of hydrogen-bond acceptors (Lipinski definition) is 2. The number of hydrogen-bond donors (Lipinski definition) is 2. The van der Waals surface area contributed by atoms with Gasteiger partial charge in [-0.25, -0.2) is 0 Å². The molecular formula is C16H23ClN2O. The van der Waals surface area contributed by atoms with Crippen molar-refractivity contribution in [3.63, 3.8) is 0 Å². The zero-order valence-corrected chi connectivity index (χ0v) is 12.7. The smallest absolute Gasteiger partial charge is 0.122 e. The molecule has 3 N–H and O–H groups in total. The van der Waals surface area contributed by atoms with E-state index in [1.165, 1.54) is 25.7 Å². The number of nitrogens with two attached hydrogens (primary N) is 1. The van der Waals surface area contributed by atoms with Crippen molar-refractivity contribution in [2.24, 2.45) is 11.7 Å². The molecule has 1 saturated carbocycles. The zero-order chi connectivity index (χ0) is 14.5. The van der Waals surface area contributed by atoms with Crippen LogP contribution in [0.3, 0.4) is 0 Å². The molecule has 3 nitrogen and oxygen atoms in total. The maximum Gasteiger partial charge on any atom is 0.122 e. The van der Waals surface area contributed by atoms with Crippen LogP contribution in [0.25, 0.3) is 0 Å². The summed E-state index contributed by atoms with van der Waals surface area (Å²) >= 11 is 6.23. The quantitative estimate of drug-likeness (QED) is 0.634. The molecule has 2 atom stereocenters. The topological polar surface area (TPSA) is 59.1 Å². The number of halogens is 1. The highest BCUT2D eigenvalue weighted by Crippen LogP contribution is 2.30. The van der Waals surface area contributed by atoms with Crippen molar-refractivity contribution < 1.29 is 4.74 Å². The van der Waals surface area contributed by atoms with Crippen LogP contribution < -0.4 is 5.73 Å². The van der Waals surface area contributed by atoms with Gasteiger partial charge in [0.05, 0.1) is 12.7 Å². The summed E-state index contributed by atoms with van der Waals surface area (Å²) in [6, 6.07) is 5.47. The lowest BCUT2D eigenvalue weighted by molar-refractivity contribution is -0.0221. The van der Waals surface area contributed by atoms with Crippen LogP contribution in [0.5, 0.6) is 0 Å². The Morgan fingerprint density at radius 2 is 2.15 bits per heavy atom. The van der Waals surface area contributed by atoms with Crippen molar-refractivity contribution in [1.29, 1.82) is 5.41 Å². The first-order chi connectivity index (χ1) is 9.61. The molecule has 4 heteroatoms. The minimum absolute atomic E-state index is 0.0395. The third kappa shape index (κ3) is 3.74. The fourth-order valence-electron chi connectivity index (χ4n) is 2.89. The number of amidine groups is 1. The zero-order valence-electron chi connectivity index (χ0n) is 12.0. The lowest BCUT2D eigenvalue weighted by Gasteiger charge is -2.30. The first kappa shape index (κ1) is 15.3. The van der Waals surface area contributed by atoms with Crippen molar-refractivity contribution >= 4 is 17.4 Å². The van der Waals surface area contributed by atoms with Gasteiger partial charge in [-0.05, 0) is 30.4 Å². The molecule has 0 bridgehead atoms. The Hall–Kier alpha value is -1.06. The highest BCUT2D eigenvalue weighted by molar-refractivity contribution is 6.31. The summed E-state index contributed by atoms with van der Waals surface area (Å²) in [5.41, 5.74) is 7.08. The normalized spacial score (nSPS) is 22.7. The molecule has 1 aliphatic carbocycles. The summed E-state index contributed by atoms with van der Waals surface area (Å²) in [7, 11) is 0. The van der Waals surface area contributed by atoms with Gasteiger partial charge in [-0.2, -0.15) is 0 Å². The standard InChI is InChI=1S/C16H23ClN2O/c1-2-11-5-3-4-6-15(11)20-10-13-8-7-12(16(18)19)9-14(13)17/h7-9,11,15H,2-6,10H2,1H3,(H3,18,19). The maximum absolute atomic E-state index is 7.40. The van der Waals surface area contributed by atoms with E-state index in [9.17, 15) is 0 Å². The van der Waals surface area contributed by atoms with Gasteiger partial charge in [0.1, 0.15) is 5.84 Å². The molecule has 1 aliphatic rings. The fourth-order valence-corrected chi connectivity index (χ4v) is 3.12. The van der Waals surface area contributed by atoms with Gasteiger partial charge in [0.15, 0.2) is 0 Å². The van der Waals surface area contributed by atoms with Crippen LogP contribution in [0.1, 0.15) is 50.2 Å². The minimum atomic E-state index is 0.0395. The van der Waals surface area contributed by atoms with Gasteiger partial charge in [0.25, 0.3) is 0 Å². The Labute approximate surface area is 126 Å². The summed E-state index contributed by atoms with van der Waals surface area (Å²) < 4.78 is 6.08. The first-order valence-electron chi connectivity index (χ1n) is 7.36. The van der Waals surface area contributed by atoms with Crippen molar-refractivity contribution in [1.82, 2.24) is 0 Å². The average molecular weight is 295 g/mol.